The molecule has 23 heavy (non-hydrogen) atoms. The molecule has 1 saturated heterocycles. The van der Waals surface area contributed by atoms with Crippen molar-refractivity contribution in [2.45, 2.75) is 12.8 Å². The largest absolute Gasteiger partial charge is 0.483 e. The molecule has 0 atom stereocenters. The topological polar surface area (TPSA) is 78.0 Å². The number of fused-ring (bicyclic) bond motifs is 3. The average Bonchev–Trinajstić information content (AvgIpc) is 2.60. The molecule has 7 heteroatoms. The van der Waals surface area contributed by atoms with Crippen LogP contribution in [0.3, 0.4) is 0 Å². The van der Waals surface area contributed by atoms with E-state index in [1.165, 1.54) is 12.8 Å². The van der Waals surface area contributed by atoms with Crippen LogP contribution in [-0.2, 0) is 4.79 Å². The molecular formula is C16H21N5O2. The number of benzene rings is 1. The molecule has 4 rings (SSSR count). The number of hydrazone groups is 1. The first kappa shape index (κ1) is 14.3. The Morgan fingerprint density at radius 2 is 2.22 bits per heavy atom. The monoisotopic (exact) mass is 315 g/mol. The second kappa shape index (κ2) is 6.08. The zero-order valence-electron chi connectivity index (χ0n) is 13.0. The lowest BCUT2D eigenvalue weighted by atomic mass is 9.98. The minimum Gasteiger partial charge on any atom is -0.483 e. The van der Waals surface area contributed by atoms with E-state index < -0.39 is 0 Å². The van der Waals surface area contributed by atoms with Crippen molar-refractivity contribution >= 4 is 23.1 Å². The Balaban J connectivity index is 1.50. The number of carbonyl (C=O) groups is 1. The SMILES string of the molecule is O=C1CN2C(=NN1)COc1ccc(NCC3CCNCC3)cc12. The van der Waals surface area contributed by atoms with Gasteiger partial charge in [0.1, 0.15) is 18.9 Å². The number of nitrogens with zero attached hydrogens (tertiary/aromatic N) is 2. The minimum absolute atomic E-state index is 0.102. The molecule has 0 spiro atoms. The molecule has 3 aliphatic heterocycles. The van der Waals surface area contributed by atoms with Crippen LogP contribution in [0.1, 0.15) is 12.8 Å². The van der Waals surface area contributed by atoms with Crippen molar-refractivity contribution < 1.29 is 9.53 Å². The van der Waals surface area contributed by atoms with Crippen molar-refractivity contribution in [1.29, 1.82) is 0 Å². The summed E-state index contributed by atoms with van der Waals surface area (Å²) in [5.41, 5.74) is 4.46. The van der Waals surface area contributed by atoms with Crippen LogP contribution in [0.25, 0.3) is 0 Å². The van der Waals surface area contributed by atoms with Gasteiger partial charge in [-0.2, -0.15) is 5.10 Å². The summed E-state index contributed by atoms with van der Waals surface area (Å²) < 4.78 is 5.72. The molecule has 7 nitrogen and oxygen atoms in total. The van der Waals surface area contributed by atoms with Gasteiger partial charge in [0, 0.05) is 12.2 Å². The van der Waals surface area contributed by atoms with Gasteiger partial charge in [-0.1, -0.05) is 0 Å². The fraction of sp³-hybridized carbons (Fsp3) is 0.500. The van der Waals surface area contributed by atoms with E-state index in [-0.39, 0.29) is 12.5 Å². The van der Waals surface area contributed by atoms with E-state index in [1.807, 2.05) is 23.1 Å². The van der Waals surface area contributed by atoms with E-state index in [0.717, 1.165) is 42.6 Å². The first-order chi connectivity index (χ1) is 11.3. The maximum atomic E-state index is 11.6. The van der Waals surface area contributed by atoms with E-state index in [0.29, 0.717) is 12.5 Å². The van der Waals surface area contributed by atoms with Crippen molar-refractivity contribution in [2.24, 2.45) is 11.0 Å². The van der Waals surface area contributed by atoms with E-state index in [9.17, 15) is 4.79 Å². The fourth-order valence-electron chi connectivity index (χ4n) is 3.24. The van der Waals surface area contributed by atoms with Crippen molar-refractivity contribution in [3.63, 3.8) is 0 Å². The van der Waals surface area contributed by atoms with Crippen LogP contribution in [0, 0.1) is 5.92 Å². The standard InChI is InChI=1S/C16H21N5O2/c22-16-9-21-13-7-12(18-8-11-3-5-17-6-4-11)1-2-14(13)23-10-15(21)19-20-16/h1-2,7,11,17-18H,3-6,8-10H2,(H,20,22). The number of ether oxygens (including phenoxy) is 1. The third-order valence-electron chi connectivity index (χ3n) is 4.58. The molecule has 1 aromatic carbocycles. The molecule has 3 aliphatic rings. The van der Waals surface area contributed by atoms with Crippen LogP contribution in [0.4, 0.5) is 11.4 Å². The van der Waals surface area contributed by atoms with Crippen LogP contribution < -0.4 is 25.7 Å². The number of anilines is 2. The van der Waals surface area contributed by atoms with E-state index >= 15 is 0 Å². The highest BCUT2D eigenvalue weighted by Gasteiger charge is 2.29. The minimum atomic E-state index is -0.102. The zero-order chi connectivity index (χ0) is 15.6. The lowest BCUT2D eigenvalue weighted by molar-refractivity contribution is -0.119. The van der Waals surface area contributed by atoms with Crippen molar-refractivity contribution in [1.82, 2.24) is 10.7 Å². The molecule has 1 amide bonds. The molecule has 0 aliphatic carbocycles. The summed E-state index contributed by atoms with van der Waals surface area (Å²) in [7, 11) is 0. The molecule has 122 valence electrons. The maximum Gasteiger partial charge on any atom is 0.260 e. The van der Waals surface area contributed by atoms with Crippen molar-refractivity contribution in [2.75, 3.05) is 43.0 Å². The average molecular weight is 315 g/mol. The molecule has 1 aromatic rings. The number of amides is 1. The van der Waals surface area contributed by atoms with E-state index in [1.54, 1.807) is 0 Å². The Hall–Kier alpha value is -2.28. The fourth-order valence-corrected chi connectivity index (χ4v) is 3.24. The molecule has 0 aromatic heterocycles. The summed E-state index contributed by atoms with van der Waals surface area (Å²) in [4.78, 5) is 13.5. The zero-order valence-corrected chi connectivity index (χ0v) is 13.0. The summed E-state index contributed by atoms with van der Waals surface area (Å²) in [6.07, 6.45) is 2.42. The quantitative estimate of drug-likeness (QED) is 0.767. The smallest absolute Gasteiger partial charge is 0.260 e. The summed E-state index contributed by atoms with van der Waals surface area (Å²) in [6.45, 7) is 3.85. The Morgan fingerprint density at radius 1 is 1.35 bits per heavy atom. The van der Waals surface area contributed by atoms with Gasteiger partial charge in [-0.25, -0.2) is 5.43 Å². The lowest BCUT2D eigenvalue weighted by Gasteiger charge is -2.34. The molecular weight excluding hydrogens is 294 g/mol. The van der Waals surface area contributed by atoms with E-state index in [4.69, 9.17) is 4.74 Å². The second-order valence-corrected chi connectivity index (χ2v) is 6.19. The number of rotatable bonds is 3. The predicted octanol–water partition coefficient (Wildman–Crippen LogP) is 0.740. The highest BCUT2D eigenvalue weighted by atomic mass is 16.5. The number of nitrogens with one attached hydrogen (secondary N) is 3. The molecule has 0 bridgehead atoms. The van der Waals surface area contributed by atoms with Crippen LogP contribution in [0.5, 0.6) is 5.75 Å². The van der Waals surface area contributed by atoms with Gasteiger partial charge in [0.05, 0.1) is 5.69 Å². The molecule has 0 unspecified atom stereocenters. The van der Waals surface area contributed by atoms with Crippen molar-refractivity contribution in [3.8, 4) is 5.75 Å². The lowest BCUT2D eigenvalue weighted by Crippen LogP contribution is -2.49. The van der Waals surface area contributed by atoms with Gasteiger partial charge in [-0.05, 0) is 50.0 Å². The maximum absolute atomic E-state index is 11.6. The van der Waals surface area contributed by atoms with Crippen LogP contribution in [0.2, 0.25) is 0 Å². The van der Waals surface area contributed by atoms with Gasteiger partial charge in [0.15, 0.2) is 5.84 Å². The first-order valence-corrected chi connectivity index (χ1v) is 8.14. The highest BCUT2D eigenvalue weighted by molar-refractivity contribution is 6.07. The van der Waals surface area contributed by atoms with Gasteiger partial charge in [0.2, 0.25) is 0 Å². The molecule has 1 fully saturated rings. The number of hydrogen-bond acceptors (Lipinski definition) is 6. The Morgan fingerprint density at radius 3 is 3.09 bits per heavy atom. The Bertz CT molecular complexity index is 639. The second-order valence-electron chi connectivity index (χ2n) is 6.19. The van der Waals surface area contributed by atoms with Crippen LogP contribution in [-0.4, -0.2) is 44.5 Å². The molecule has 0 saturated carbocycles. The normalized spacial score (nSPS) is 20.8. The van der Waals surface area contributed by atoms with Gasteiger partial charge in [-0.3, -0.25) is 4.79 Å². The number of amidine groups is 1. The Kier molecular flexibility index (Phi) is 3.78. The third-order valence-corrected chi connectivity index (χ3v) is 4.58. The molecule has 3 heterocycles. The van der Waals surface area contributed by atoms with Crippen LogP contribution in [0.15, 0.2) is 23.3 Å². The highest BCUT2D eigenvalue weighted by Crippen LogP contribution is 2.35. The summed E-state index contributed by atoms with van der Waals surface area (Å²) >= 11 is 0. The molecule has 3 N–H and O–H groups in total. The van der Waals surface area contributed by atoms with E-state index in [2.05, 4.69) is 21.2 Å². The summed E-state index contributed by atoms with van der Waals surface area (Å²) in [5.74, 6) is 2.15. The van der Waals surface area contributed by atoms with Gasteiger partial charge < -0.3 is 20.3 Å². The number of hydrogen-bond donors (Lipinski definition) is 3. The summed E-state index contributed by atoms with van der Waals surface area (Å²) in [6, 6.07) is 6.04. The van der Waals surface area contributed by atoms with Crippen LogP contribution >= 0.6 is 0 Å². The van der Waals surface area contributed by atoms with Gasteiger partial charge >= 0.3 is 0 Å². The predicted molar refractivity (Wildman–Crippen MR) is 88.9 cm³/mol. The first-order valence-electron chi connectivity index (χ1n) is 8.14. The number of piperidine rings is 1. The Labute approximate surface area is 135 Å². The van der Waals surface area contributed by atoms with Crippen molar-refractivity contribution in [3.05, 3.63) is 18.2 Å². The summed E-state index contributed by atoms with van der Waals surface area (Å²) in [5, 5.41) is 11.0. The van der Waals surface area contributed by atoms with Gasteiger partial charge in [0.25, 0.3) is 5.91 Å². The number of carbonyl (C=O) groups excluding carboxylic acids is 1. The molecule has 0 radical (unpaired) electrons. The third kappa shape index (κ3) is 2.96. The van der Waals surface area contributed by atoms with Gasteiger partial charge in [-0.15, -0.1) is 0 Å².